The lowest BCUT2D eigenvalue weighted by atomic mass is 10.0. The standard InChI is InChI=1S/C26H31N3O6S/c30-24(28-12-14-29(15-13-28)25(31)26(32)10-11-26)20-6-4-19(5-7-20)21-2-1-3-22(18-21)27-36(33,34)23-8-16-35-17-9-23/h1-7,18,23,27,32H,8-17H2. The van der Waals surface area contributed by atoms with E-state index < -0.39 is 20.9 Å². The largest absolute Gasteiger partial charge is 0.381 e. The smallest absolute Gasteiger partial charge is 0.254 e. The Balaban J connectivity index is 1.21. The van der Waals surface area contributed by atoms with Gasteiger partial charge < -0.3 is 19.6 Å². The molecule has 36 heavy (non-hydrogen) atoms. The van der Waals surface area contributed by atoms with Crippen LogP contribution in [0.15, 0.2) is 48.5 Å². The Morgan fingerprint density at radius 3 is 2.19 bits per heavy atom. The summed E-state index contributed by atoms with van der Waals surface area (Å²) >= 11 is 0. The Bertz CT molecular complexity index is 1230. The fourth-order valence-electron chi connectivity index (χ4n) is 4.72. The van der Waals surface area contributed by atoms with Crippen LogP contribution in [0.5, 0.6) is 0 Å². The molecule has 0 spiro atoms. The number of hydrogen-bond donors (Lipinski definition) is 2. The maximum atomic E-state index is 13.0. The number of sulfonamides is 1. The van der Waals surface area contributed by atoms with E-state index in [2.05, 4.69) is 4.72 Å². The summed E-state index contributed by atoms with van der Waals surface area (Å²) < 4.78 is 33.5. The number of anilines is 1. The summed E-state index contributed by atoms with van der Waals surface area (Å²) in [5, 5.41) is 9.59. The summed E-state index contributed by atoms with van der Waals surface area (Å²) in [6.45, 7) is 2.60. The molecule has 192 valence electrons. The molecule has 0 radical (unpaired) electrons. The van der Waals surface area contributed by atoms with Crippen LogP contribution in [-0.4, -0.2) is 85.4 Å². The third kappa shape index (κ3) is 5.25. The van der Waals surface area contributed by atoms with E-state index >= 15 is 0 Å². The van der Waals surface area contributed by atoms with Gasteiger partial charge in [0, 0.05) is 50.6 Å². The van der Waals surface area contributed by atoms with Crippen LogP contribution in [0.3, 0.4) is 0 Å². The number of nitrogens with one attached hydrogen (secondary N) is 1. The lowest BCUT2D eigenvalue weighted by molar-refractivity contribution is -0.143. The average Bonchev–Trinajstić information content (AvgIpc) is 3.67. The number of piperazine rings is 1. The highest BCUT2D eigenvalue weighted by molar-refractivity contribution is 7.93. The lowest BCUT2D eigenvalue weighted by Gasteiger charge is -2.35. The predicted molar refractivity (Wildman–Crippen MR) is 135 cm³/mol. The average molecular weight is 514 g/mol. The number of amides is 2. The van der Waals surface area contributed by atoms with Gasteiger partial charge in [-0.3, -0.25) is 14.3 Å². The van der Waals surface area contributed by atoms with Gasteiger partial charge in [0.1, 0.15) is 5.60 Å². The first-order valence-electron chi connectivity index (χ1n) is 12.4. The second-order valence-electron chi connectivity index (χ2n) is 9.73. The van der Waals surface area contributed by atoms with E-state index in [-0.39, 0.29) is 11.8 Å². The van der Waals surface area contributed by atoms with Crippen LogP contribution < -0.4 is 4.72 Å². The van der Waals surface area contributed by atoms with Gasteiger partial charge in [-0.25, -0.2) is 8.42 Å². The Morgan fingerprint density at radius 2 is 1.56 bits per heavy atom. The molecular formula is C26H31N3O6S. The van der Waals surface area contributed by atoms with Gasteiger partial charge in [-0.2, -0.15) is 0 Å². The van der Waals surface area contributed by atoms with Crippen molar-refractivity contribution in [1.29, 1.82) is 0 Å². The summed E-state index contributed by atoms with van der Waals surface area (Å²) in [5.41, 5.74) is 1.58. The normalized spacial score (nSPS) is 20.1. The highest BCUT2D eigenvalue weighted by Crippen LogP contribution is 2.37. The zero-order chi connectivity index (χ0) is 25.3. The van der Waals surface area contributed by atoms with Crippen molar-refractivity contribution in [2.45, 2.75) is 36.5 Å². The third-order valence-corrected chi connectivity index (χ3v) is 9.04. The molecule has 2 saturated heterocycles. The van der Waals surface area contributed by atoms with Crippen LogP contribution in [0, 0.1) is 0 Å². The van der Waals surface area contributed by atoms with Crippen LogP contribution in [0.25, 0.3) is 11.1 Å². The van der Waals surface area contributed by atoms with E-state index in [0.717, 1.165) is 11.1 Å². The Morgan fingerprint density at radius 1 is 0.917 bits per heavy atom. The molecule has 1 saturated carbocycles. The van der Waals surface area contributed by atoms with Crippen LogP contribution in [-0.2, 0) is 19.6 Å². The molecule has 2 amide bonds. The second-order valence-corrected chi connectivity index (χ2v) is 11.7. The third-order valence-electron chi connectivity index (χ3n) is 7.17. The second kappa shape index (κ2) is 9.84. The van der Waals surface area contributed by atoms with Crippen molar-refractivity contribution in [3.63, 3.8) is 0 Å². The van der Waals surface area contributed by atoms with Gasteiger partial charge >= 0.3 is 0 Å². The minimum absolute atomic E-state index is 0.100. The van der Waals surface area contributed by atoms with Crippen molar-refractivity contribution >= 4 is 27.5 Å². The number of carbonyl (C=O) groups is 2. The number of nitrogens with zero attached hydrogens (tertiary/aromatic N) is 2. The van der Waals surface area contributed by atoms with Crippen LogP contribution in [0.4, 0.5) is 5.69 Å². The number of hydrogen-bond acceptors (Lipinski definition) is 6. The summed E-state index contributed by atoms with van der Waals surface area (Å²) in [6.07, 6.45) is 2.00. The monoisotopic (exact) mass is 513 g/mol. The summed E-state index contributed by atoms with van der Waals surface area (Å²) in [5.74, 6) is -0.326. The van der Waals surface area contributed by atoms with E-state index in [0.29, 0.717) is 76.3 Å². The first-order chi connectivity index (χ1) is 17.2. The molecule has 1 aliphatic carbocycles. The van der Waals surface area contributed by atoms with Gasteiger partial charge in [0.25, 0.3) is 11.8 Å². The fourth-order valence-corrected chi connectivity index (χ4v) is 6.16. The van der Waals surface area contributed by atoms with E-state index in [1.807, 2.05) is 18.2 Å². The van der Waals surface area contributed by atoms with Crippen LogP contribution >= 0.6 is 0 Å². The zero-order valence-corrected chi connectivity index (χ0v) is 20.9. The lowest BCUT2D eigenvalue weighted by Crippen LogP contribution is -2.53. The van der Waals surface area contributed by atoms with Crippen molar-refractivity contribution in [2.75, 3.05) is 44.1 Å². The van der Waals surface area contributed by atoms with Gasteiger partial charge in [0.15, 0.2) is 0 Å². The van der Waals surface area contributed by atoms with E-state index in [1.165, 1.54) is 0 Å². The highest BCUT2D eigenvalue weighted by Gasteiger charge is 2.50. The van der Waals surface area contributed by atoms with Gasteiger partial charge in [-0.15, -0.1) is 0 Å². The predicted octanol–water partition coefficient (Wildman–Crippen LogP) is 2.08. The molecule has 0 aromatic heterocycles. The molecule has 0 atom stereocenters. The first-order valence-corrected chi connectivity index (χ1v) is 13.9. The number of benzene rings is 2. The quantitative estimate of drug-likeness (QED) is 0.611. The number of aliphatic hydroxyl groups is 1. The van der Waals surface area contributed by atoms with Crippen LogP contribution in [0.1, 0.15) is 36.0 Å². The molecule has 5 rings (SSSR count). The molecule has 2 N–H and O–H groups in total. The van der Waals surface area contributed by atoms with E-state index in [9.17, 15) is 23.1 Å². The molecule has 0 bridgehead atoms. The molecule has 2 heterocycles. The maximum Gasteiger partial charge on any atom is 0.254 e. The molecule has 3 fully saturated rings. The van der Waals surface area contributed by atoms with Crippen molar-refractivity contribution in [3.05, 3.63) is 54.1 Å². The molecule has 2 aromatic rings. The van der Waals surface area contributed by atoms with Crippen molar-refractivity contribution in [3.8, 4) is 11.1 Å². The van der Waals surface area contributed by atoms with Crippen LogP contribution in [0.2, 0.25) is 0 Å². The van der Waals surface area contributed by atoms with E-state index in [1.54, 1.807) is 40.1 Å². The van der Waals surface area contributed by atoms with E-state index in [4.69, 9.17) is 4.74 Å². The van der Waals surface area contributed by atoms with Gasteiger partial charge in [-0.05, 0) is 61.1 Å². The Labute approximate surface area is 211 Å². The van der Waals surface area contributed by atoms with Crippen molar-refractivity contribution in [1.82, 2.24) is 9.80 Å². The van der Waals surface area contributed by atoms with Gasteiger partial charge in [0.2, 0.25) is 10.0 Å². The number of ether oxygens (including phenoxy) is 1. The van der Waals surface area contributed by atoms with Gasteiger partial charge in [-0.1, -0.05) is 24.3 Å². The summed E-state index contributed by atoms with van der Waals surface area (Å²) in [4.78, 5) is 28.7. The Hall–Kier alpha value is -2.95. The number of rotatable bonds is 6. The molecule has 0 unspecified atom stereocenters. The molecule has 2 aromatic carbocycles. The fraction of sp³-hybridized carbons (Fsp3) is 0.462. The first kappa shape index (κ1) is 24.7. The maximum absolute atomic E-state index is 13.0. The van der Waals surface area contributed by atoms with Crippen molar-refractivity contribution < 1.29 is 27.9 Å². The molecule has 3 aliphatic rings. The summed E-state index contributed by atoms with van der Waals surface area (Å²) in [6, 6.07) is 14.4. The minimum atomic E-state index is -3.50. The Kier molecular flexibility index (Phi) is 6.76. The molecule has 2 aliphatic heterocycles. The summed E-state index contributed by atoms with van der Waals surface area (Å²) in [7, 11) is -3.50. The van der Waals surface area contributed by atoms with Gasteiger partial charge in [0.05, 0.1) is 5.25 Å². The SMILES string of the molecule is O=C(c1ccc(-c2cccc(NS(=O)(=O)C3CCOCC3)c2)cc1)N1CCN(C(=O)C2(O)CC2)CC1. The molecule has 10 heteroatoms. The number of carbonyl (C=O) groups excluding carboxylic acids is 2. The molecular weight excluding hydrogens is 482 g/mol. The molecule has 9 nitrogen and oxygen atoms in total. The topological polar surface area (TPSA) is 116 Å². The van der Waals surface area contributed by atoms with Crippen molar-refractivity contribution in [2.24, 2.45) is 0 Å². The minimum Gasteiger partial charge on any atom is -0.381 e. The highest BCUT2D eigenvalue weighted by atomic mass is 32.2. The zero-order valence-electron chi connectivity index (χ0n) is 20.1.